The highest BCUT2D eigenvalue weighted by atomic mass is 19.4. The number of nitro groups is 1. The van der Waals surface area contributed by atoms with Crippen molar-refractivity contribution < 1.29 is 27.6 Å². The zero-order valence-corrected chi connectivity index (χ0v) is 15.8. The predicted molar refractivity (Wildman–Crippen MR) is 103 cm³/mol. The van der Waals surface area contributed by atoms with Gasteiger partial charge in [0.05, 0.1) is 36.1 Å². The van der Waals surface area contributed by atoms with Crippen LogP contribution in [0.25, 0.3) is 0 Å². The van der Waals surface area contributed by atoms with Crippen LogP contribution in [0, 0.1) is 10.1 Å². The van der Waals surface area contributed by atoms with Crippen LogP contribution in [0.2, 0.25) is 0 Å². The van der Waals surface area contributed by atoms with Gasteiger partial charge in [-0.2, -0.15) is 18.3 Å². The Kier molecular flexibility index (Phi) is 7.40. The van der Waals surface area contributed by atoms with Crippen molar-refractivity contribution in [2.75, 3.05) is 19.1 Å². The lowest BCUT2D eigenvalue weighted by molar-refractivity contribution is -0.386. The number of nitrogens with zero attached hydrogens (tertiary/aromatic N) is 2. The maximum atomic E-state index is 12.8. The summed E-state index contributed by atoms with van der Waals surface area (Å²) in [5, 5.41) is 15.3. The number of rotatable bonds is 9. The van der Waals surface area contributed by atoms with Gasteiger partial charge in [0.1, 0.15) is 0 Å². The van der Waals surface area contributed by atoms with Crippen molar-refractivity contribution in [1.29, 1.82) is 0 Å². The van der Waals surface area contributed by atoms with Crippen LogP contribution in [0.3, 0.4) is 0 Å². The van der Waals surface area contributed by atoms with Gasteiger partial charge in [0.15, 0.2) is 5.75 Å². The van der Waals surface area contributed by atoms with E-state index in [0.29, 0.717) is 12.2 Å². The number of halogens is 3. The van der Waals surface area contributed by atoms with Crippen molar-refractivity contribution in [3.8, 4) is 11.5 Å². The number of benzene rings is 2. The van der Waals surface area contributed by atoms with E-state index >= 15 is 0 Å². The number of anilines is 1. The Balaban J connectivity index is 2.24. The average Bonchev–Trinajstić information content (AvgIpc) is 2.68. The Morgan fingerprint density at radius 1 is 1.28 bits per heavy atom. The second kappa shape index (κ2) is 9.76. The van der Waals surface area contributed by atoms with E-state index in [4.69, 9.17) is 9.47 Å². The summed E-state index contributed by atoms with van der Waals surface area (Å²) in [5.41, 5.74) is 1.81. The van der Waals surface area contributed by atoms with Crippen LogP contribution in [-0.4, -0.2) is 24.9 Å². The first kappa shape index (κ1) is 22.0. The van der Waals surface area contributed by atoms with Crippen LogP contribution in [-0.2, 0) is 6.18 Å². The van der Waals surface area contributed by atoms with E-state index < -0.39 is 16.7 Å². The average molecular weight is 411 g/mol. The van der Waals surface area contributed by atoms with E-state index in [-0.39, 0.29) is 22.9 Å². The number of unbranched alkanes of at least 4 members (excludes halogenated alkanes) is 1. The lowest BCUT2D eigenvalue weighted by Gasteiger charge is -2.11. The van der Waals surface area contributed by atoms with Crippen molar-refractivity contribution in [2.45, 2.75) is 25.9 Å². The molecule has 156 valence electrons. The smallest absolute Gasteiger partial charge is 0.416 e. The van der Waals surface area contributed by atoms with E-state index in [9.17, 15) is 23.3 Å². The Bertz CT molecular complexity index is 885. The van der Waals surface area contributed by atoms with E-state index in [1.165, 1.54) is 37.6 Å². The Morgan fingerprint density at radius 3 is 2.66 bits per heavy atom. The zero-order chi connectivity index (χ0) is 21.4. The van der Waals surface area contributed by atoms with Crippen molar-refractivity contribution in [3.63, 3.8) is 0 Å². The van der Waals surface area contributed by atoms with Crippen LogP contribution >= 0.6 is 0 Å². The van der Waals surface area contributed by atoms with Gasteiger partial charge in [-0.05, 0) is 30.7 Å². The summed E-state index contributed by atoms with van der Waals surface area (Å²) in [6.07, 6.45) is -1.64. The molecule has 0 spiro atoms. The summed E-state index contributed by atoms with van der Waals surface area (Å²) >= 11 is 0. The molecule has 0 radical (unpaired) electrons. The van der Waals surface area contributed by atoms with Crippen LogP contribution in [0.5, 0.6) is 11.5 Å². The number of hydrogen-bond donors (Lipinski definition) is 1. The molecular weight excluding hydrogens is 391 g/mol. The molecule has 1 N–H and O–H groups in total. The Labute approximate surface area is 165 Å². The zero-order valence-electron chi connectivity index (χ0n) is 15.8. The molecule has 10 heteroatoms. The number of nitro benzene ring substituents is 1. The van der Waals surface area contributed by atoms with E-state index in [2.05, 4.69) is 10.5 Å². The summed E-state index contributed by atoms with van der Waals surface area (Å²) in [6.45, 7) is 2.27. The SMILES string of the molecule is CCCCOc1c(OC)cc(C=NNc2cccc(C(F)(F)F)c2)cc1[N+](=O)[O-]. The molecule has 0 aliphatic carbocycles. The fourth-order valence-corrected chi connectivity index (χ4v) is 2.38. The molecule has 0 saturated carbocycles. The fraction of sp³-hybridized carbons (Fsp3) is 0.316. The third-order valence-electron chi connectivity index (χ3n) is 3.82. The number of nitrogens with one attached hydrogen (secondary N) is 1. The van der Waals surface area contributed by atoms with Crippen molar-refractivity contribution in [2.24, 2.45) is 5.10 Å². The lowest BCUT2D eigenvalue weighted by Crippen LogP contribution is -2.05. The molecular formula is C19H20F3N3O4. The molecule has 29 heavy (non-hydrogen) atoms. The van der Waals surface area contributed by atoms with Gasteiger partial charge >= 0.3 is 11.9 Å². The quantitative estimate of drug-likeness (QED) is 0.264. The number of methoxy groups -OCH3 is 1. The van der Waals surface area contributed by atoms with Gasteiger partial charge in [-0.3, -0.25) is 15.5 Å². The predicted octanol–water partition coefficient (Wildman–Crippen LogP) is 5.25. The van der Waals surface area contributed by atoms with Gasteiger partial charge in [-0.15, -0.1) is 0 Å². The summed E-state index contributed by atoms with van der Waals surface area (Å²) in [6, 6.07) is 7.26. The van der Waals surface area contributed by atoms with Gasteiger partial charge in [0, 0.05) is 11.6 Å². The van der Waals surface area contributed by atoms with Gasteiger partial charge in [0.25, 0.3) is 0 Å². The first-order valence-corrected chi connectivity index (χ1v) is 8.71. The maximum Gasteiger partial charge on any atom is 0.416 e. The minimum absolute atomic E-state index is 0.0222. The minimum Gasteiger partial charge on any atom is -0.493 e. The monoisotopic (exact) mass is 411 g/mol. The first-order chi connectivity index (χ1) is 13.8. The van der Waals surface area contributed by atoms with Crippen LogP contribution in [0.15, 0.2) is 41.5 Å². The third-order valence-corrected chi connectivity index (χ3v) is 3.82. The molecule has 2 rings (SSSR count). The van der Waals surface area contributed by atoms with Crippen LogP contribution < -0.4 is 14.9 Å². The number of hydrazone groups is 1. The van der Waals surface area contributed by atoms with Crippen molar-refractivity contribution >= 4 is 17.6 Å². The maximum absolute atomic E-state index is 12.8. The van der Waals surface area contributed by atoms with E-state index in [1.54, 1.807) is 0 Å². The number of hydrogen-bond acceptors (Lipinski definition) is 6. The van der Waals surface area contributed by atoms with Crippen LogP contribution in [0.1, 0.15) is 30.9 Å². The molecule has 7 nitrogen and oxygen atoms in total. The lowest BCUT2D eigenvalue weighted by atomic mass is 10.2. The number of ether oxygens (including phenoxy) is 2. The molecule has 0 atom stereocenters. The highest BCUT2D eigenvalue weighted by Gasteiger charge is 2.30. The molecule has 0 aliphatic rings. The summed E-state index contributed by atoms with van der Waals surface area (Å²) < 4.78 is 48.9. The molecule has 0 aromatic heterocycles. The Hall–Kier alpha value is -3.30. The molecule has 2 aromatic carbocycles. The molecule has 0 aliphatic heterocycles. The summed E-state index contributed by atoms with van der Waals surface area (Å²) in [5.74, 6) is 0.185. The molecule has 0 unspecified atom stereocenters. The molecule has 0 amide bonds. The van der Waals surface area contributed by atoms with Gasteiger partial charge in [0.2, 0.25) is 5.75 Å². The highest BCUT2D eigenvalue weighted by Crippen LogP contribution is 2.38. The summed E-state index contributed by atoms with van der Waals surface area (Å²) in [4.78, 5) is 10.8. The third kappa shape index (κ3) is 6.09. The largest absolute Gasteiger partial charge is 0.493 e. The van der Waals surface area contributed by atoms with Crippen molar-refractivity contribution in [1.82, 2.24) is 0 Å². The second-order valence-corrected chi connectivity index (χ2v) is 5.98. The van der Waals surface area contributed by atoms with E-state index in [1.807, 2.05) is 6.92 Å². The number of alkyl halides is 3. The minimum atomic E-state index is -4.47. The van der Waals surface area contributed by atoms with Crippen LogP contribution in [0.4, 0.5) is 24.5 Å². The van der Waals surface area contributed by atoms with Gasteiger partial charge < -0.3 is 9.47 Å². The molecule has 0 bridgehead atoms. The highest BCUT2D eigenvalue weighted by molar-refractivity contribution is 5.83. The molecule has 0 saturated heterocycles. The Morgan fingerprint density at radius 2 is 2.03 bits per heavy atom. The standard InChI is InChI=1S/C19H20F3N3O4/c1-3-4-8-29-18-16(25(26)27)9-13(10-17(18)28-2)12-23-24-15-7-5-6-14(11-15)19(20,21)22/h5-7,9-12,24H,3-4,8H2,1-2H3. The van der Waals surface area contributed by atoms with E-state index in [0.717, 1.165) is 25.0 Å². The van der Waals surface area contributed by atoms with Gasteiger partial charge in [-0.1, -0.05) is 19.4 Å². The molecule has 0 fully saturated rings. The first-order valence-electron chi connectivity index (χ1n) is 8.71. The normalized spacial score (nSPS) is 11.5. The molecule has 0 heterocycles. The fourth-order valence-electron chi connectivity index (χ4n) is 2.38. The second-order valence-electron chi connectivity index (χ2n) is 5.98. The van der Waals surface area contributed by atoms with Crippen molar-refractivity contribution in [3.05, 3.63) is 57.6 Å². The topological polar surface area (TPSA) is 86.0 Å². The molecule has 2 aromatic rings. The van der Waals surface area contributed by atoms with Gasteiger partial charge in [-0.25, -0.2) is 0 Å². The summed E-state index contributed by atoms with van der Waals surface area (Å²) in [7, 11) is 1.35.